The van der Waals surface area contributed by atoms with Crippen LogP contribution in [-0.4, -0.2) is 15.6 Å². The third kappa shape index (κ3) is 2.61. The van der Waals surface area contributed by atoms with E-state index in [1.54, 1.807) is 0 Å². The van der Waals surface area contributed by atoms with Gasteiger partial charge >= 0.3 is 0 Å². The fourth-order valence-electron chi connectivity index (χ4n) is 1.77. The van der Waals surface area contributed by atoms with Crippen LogP contribution < -0.4 is 5.73 Å². The lowest BCUT2D eigenvalue weighted by molar-refractivity contribution is 0.102. The maximum Gasteiger partial charge on any atom is 0.212 e. The van der Waals surface area contributed by atoms with Gasteiger partial charge in [0.1, 0.15) is 11.5 Å². The van der Waals surface area contributed by atoms with Crippen LogP contribution in [0.25, 0.3) is 0 Å². The highest BCUT2D eigenvalue weighted by Crippen LogP contribution is 2.21. The molecule has 0 aliphatic rings. The lowest BCUT2D eigenvalue weighted by Gasteiger charge is -2.06. The number of hydrogen-bond acceptors (Lipinski definition) is 3. The molecule has 4 nitrogen and oxygen atoms in total. The molecular weight excluding hydrogens is 269 g/mol. The summed E-state index contributed by atoms with van der Waals surface area (Å²) < 4.78 is 14.9. The Morgan fingerprint density at radius 3 is 2.89 bits per heavy atom. The molecule has 0 amide bonds. The van der Waals surface area contributed by atoms with Gasteiger partial charge in [-0.1, -0.05) is 18.5 Å². The van der Waals surface area contributed by atoms with Gasteiger partial charge in [0.15, 0.2) is 0 Å². The van der Waals surface area contributed by atoms with E-state index < -0.39 is 5.82 Å². The summed E-state index contributed by atoms with van der Waals surface area (Å²) in [6.07, 6.45) is 2.23. The maximum absolute atomic E-state index is 13.4. The highest BCUT2D eigenvalue weighted by atomic mass is 35.5. The van der Waals surface area contributed by atoms with E-state index in [9.17, 15) is 9.18 Å². The summed E-state index contributed by atoms with van der Waals surface area (Å²) in [5, 5.41) is 4.30. The van der Waals surface area contributed by atoms with Gasteiger partial charge in [-0.15, -0.1) is 0 Å². The zero-order chi connectivity index (χ0) is 14.0. The van der Waals surface area contributed by atoms with Crippen molar-refractivity contribution in [3.05, 3.63) is 46.5 Å². The fraction of sp³-hybridized carbons (Fsp3) is 0.231. The normalized spacial score (nSPS) is 10.7. The van der Waals surface area contributed by atoms with Crippen molar-refractivity contribution in [3.63, 3.8) is 0 Å². The number of carbonyl (C=O) groups is 1. The average molecular weight is 282 g/mol. The van der Waals surface area contributed by atoms with E-state index in [-0.39, 0.29) is 27.8 Å². The Kier molecular flexibility index (Phi) is 3.85. The summed E-state index contributed by atoms with van der Waals surface area (Å²) in [4.78, 5) is 12.3. The first-order chi connectivity index (χ1) is 9.04. The van der Waals surface area contributed by atoms with Crippen LogP contribution in [0.5, 0.6) is 0 Å². The second-order valence-corrected chi connectivity index (χ2v) is 4.54. The van der Waals surface area contributed by atoms with E-state index >= 15 is 0 Å². The third-order valence-corrected chi connectivity index (χ3v) is 2.98. The SMILES string of the molecule is CCCn1ncc(Cl)c1C(=O)c1ccc(N)c(F)c1. The first-order valence-corrected chi connectivity index (χ1v) is 6.23. The molecule has 0 fully saturated rings. The van der Waals surface area contributed by atoms with Gasteiger partial charge < -0.3 is 5.73 Å². The predicted octanol–water partition coefficient (Wildman–Crippen LogP) is 2.90. The quantitative estimate of drug-likeness (QED) is 0.692. The lowest BCUT2D eigenvalue weighted by atomic mass is 10.1. The van der Waals surface area contributed by atoms with Gasteiger partial charge in [-0.05, 0) is 24.6 Å². The van der Waals surface area contributed by atoms with Gasteiger partial charge in [0.05, 0.1) is 16.9 Å². The molecule has 0 atom stereocenters. The molecule has 0 saturated heterocycles. The monoisotopic (exact) mass is 281 g/mol. The number of aryl methyl sites for hydroxylation is 1. The van der Waals surface area contributed by atoms with Gasteiger partial charge in [0.25, 0.3) is 0 Å². The van der Waals surface area contributed by atoms with Gasteiger partial charge in [-0.2, -0.15) is 5.10 Å². The molecule has 100 valence electrons. The van der Waals surface area contributed by atoms with Crippen LogP contribution >= 0.6 is 11.6 Å². The fourth-order valence-corrected chi connectivity index (χ4v) is 2.00. The Balaban J connectivity index is 2.43. The minimum Gasteiger partial charge on any atom is -0.396 e. The van der Waals surface area contributed by atoms with E-state index in [2.05, 4.69) is 5.10 Å². The van der Waals surface area contributed by atoms with Crippen molar-refractivity contribution in [2.45, 2.75) is 19.9 Å². The second-order valence-electron chi connectivity index (χ2n) is 4.13. The number of hydrogen-bond donors (Lipinski definition) is 1. The number of rotatable bonds is 4. The van der Waals surface area contributed by atoms with Crippen LogP contribution in [0.2, 0.25) is 5.02 Å². The number of nitrogens with zero attached hydrogens (tertiary/aromatic N) is 2. The number of halogens is 2. The zero-order valence-corrected chi connectivity index (χ0v) is 11.1. The van der Waals surface area contributed by atoms with Crippen molar-refractivity contribution in [3.8, 4) is 0 Å². The molecule has 0 unspecified atom stereocenters. The molecule has 2 rings (SSSR count). The van der Waals surface area contributed by atoms with E-state index in [0.29, 0.717) is 6.54 Å². The van der Waals surface area contributed by atoms with E-state index in [4.69, 9.17) is 17.3 Å². The largest absolute Gasteiger partial charge is 0.396 e. The summed E-state index contributed by atoms with van der Waals surface area (Å²) in [6, 6.07) is 3.94. The van der Waals surface area contributed by atoms with E-state index in [1.165, 1.54) is 23.0 Å². The Bertz CT molecular complexity index is 624. The molecule has 0 radical (unpaired) electrons. The molecule has 19 heavy (non-hydrogen) atoms. The summed E-state index contributed by atoms with van der Waals surface area (Å²) in [5.74, 6) is -0.988. The topological polar surface area (TPSA) is 60.9 Å². The average Bonchev–Trinajstić information content (AvgIpc) is 2.74. The first-order valence-electron chi connectivity index (χ1n) is 5.85. The highest BCUT2D eigenvalue weighted by Gasteiger charge is 2.19. The molecule has 0 spiro atoms. The molecule has 0 bridgehead atoms. The van der Waals surface area contributed by atoms with Crippen molar-refractivity contribution >= 4 is 23.1 Å². The van der Waals surface area contributed by atoms with Gasteiger partial charge in [-0.25, -0.2) is 4.39 Å². The zero-order valence-electron chi connectivity index (χ0n) is 10.4. The Hall–Kier alpha value is -1.88. The number of carbonyl (C=O) groups excluding carboxylic acids is 1. The molecule has 6 heteroatoms. The number of aromatic nitrogens is 2. The standard InChI is InChI=1S/C13H13ClFN3O/c1-2-5-18-12(9(14)7-17-18)13(19)8-3-4-11(16)10(15)6-8/h3-4,6-7H,2,5,16H2,1H3. The molecule has 1 aromatic heterocycles. The van der Waals surface area contributed by atoms with Gasteiger partial charge in [0, 0.05) is 12.1 Å². The molecule has 2 N–H and O–H groups in total. The van der Waals surface area contributed by atoms with Crippen LogP contribution in [0.15, 0.2) is 24.4 Å². The minimum atomic E-state index is -0.622. The van der Waals surface area contributed by atoms with Crippen LogP contribution in [0, 0.1) is 5.82 Å². The summed E-state index contributed by atoms with van der Waals surface area (Å²) >= 11 is 5.97. The predicted molar refractivity (Wildman–Crippen MR) is 71.8 cm³/mol. The van der Waals surface area contributed by atoms with Crippen LogP contribution in [0.4, 0.5) is 10.1 Å². The molecule has 2 aromatic rings. The maximum atomic E-state index is 13.4. The van der Waals surface area contributed by atoms with Gasteiger partial charge in [-0.3, -0.25) is 9.48 Å². The minimum absolute atomic E-state index is 0.00436. The van der Waals surface area contributed by atoms with Crippen molar-refractivity contribution in [1.82, 2.24) is 9.78 Å². The molecule has 0 aliphatic carbocycles. The molecule has 1 aromatic carbocycles. The van der Waals surface area contributed by atoms with Crippen molar-refractivity contribution in [2.75, 3.05) is 5.73 Å². The smallest absolute Gasteiger partial charge is 0.212 e. The number of benzene rings is 1. The Morgan fingerprint density at radius 1 is 1.53 bits per heavy atom. The molecular formula is C13H13ClFN3O. The number of ketones is 1. The number of anilines is 1. The molecule has 0 aliphatic heterocycles. The van der Waals surface area contributed by atoms with E-state index in [0.717, 1.165) is 12.5 Å². The number of nitrogens with two attached hydrogens (primary N) is 1. The van der Waals surface area contributed by atoms with Crippen molar-refractivity contribution < 1.29 is 9.18 Å². The summed E-state index contributed by atoms with van der Waals surface area (Å²) in [6.45, 7) is 2.54. The van der Waals surface area contributed by atoms with Crippen molar-refractivity contribution in [2.24, 2.45) is 0 Å². The van der Waals surface area contributed by atoms with Crippen LogP contribution in [0.3, 0.4) is 0 Å². The second kappa shape index (κ2) is 5.40. The van der Waals surface area contributed by atoms with E-state index in [1.807, 2.05) is 6.92 Å². The number of nitrogen functional groups attached to an aromatic ring is 1. The first kappa shape index (κ1) is 13.5. The third-order valence-electron chi connectivity index (χ3n) is 2.71. The lowest BCUT2D eigenvalue weighted by Crippen LogP contribution is -2.12. The van der Waals surface area contributed by atoms with Gasteiger partial charge in [0.2, 0.25) is 5.78 Å². The molecule has 0 saturated carbocycles. The Morgan fingerprint density at radius 2 is 2.26 bits per heavy atom. The van der Waals surface area contributed by atoms with Crippen molar-refractivity contribution in [1.29, 1.82) is 0 Å². The highest BCUT2D eigenvalue weighted by molar-refractivity contribution is 6.34. The van der Waals surface area contributed by atoms with Crippen LogP contribution in [0.1, 0.15) is 29.4 Å². The van der Waals surface area contributed by atoms with Crippen LogP contribution in [-0.2, 0) is 6.54 Å². The Labute approximate surface area is 115 Å². The summed E-state index contributed by atoms with van der Waals surface area (Å²) in [7, 11) is 0. The summed E-state index contributed by atoms with van der Waals surface area (Å²) in [5.41, 5.74) is 5.86. The molecule has 1 heterocycles.